The number of carbonyl (C=O) groups is 2. The van der Waals surface area contributed by atoms with Gasteiger partial charge in [-0.15, -0.1) is 0 Å². The van der Waals surface area contributed by atoms with E-state index in [0.717, 1.165) is 43.6 Å². The molecule has 35 heavy (non-hydrogen) atoms. The van der Waals surface area contributed by atoms with Crippen LogP contribution in [-0.2, 0) is 17.9 Å². The summed E-state index contributed by atoms with van der Waals surface area (Å²) in [6.07, 6.45) is 1.94. The van der Waals surface area contributed by atoms with Gasteiger partial charge in [0.05, 0.1) is 12.5 Å². The van der Waals surface area contributed by atoms with E-state index in [1.165, 1.54) is 17.7 Å². The minimum atomic E-state index is -0.450. The van der Waals surface area contributed by atoms with E-state index in [1.54, 1.807) is 17.0 Å². The maximum atomic E-state index is 13.6. The van der Waals surface area contributed by atoms with Crippen molar-refractivity contribution >= 4 is 11.8 Å². The molecular weight excluding hydrogens is 441 g/mol. The molecule has 5 nitrogen and oxygen atoms in total. The average Bonchev–Trinajstić information content (AvgIpc) is 3.21. The normalized spacial score (nSPS) is 17.3. The topological polar surface area (TPSA) is 52.7 Å². The third kappa shape index (κ3) is 5.43. The first-order chi connectivity index (χ1) is 17.1. The van der Waals surface area contributed by atoms with Crippen molar-refractivity contribution in [2.24, 2.45) is 0 Å². The largest absolute Gasteiger partial charge is 0.353 e. The van der Waals surface area contributed by atoms with Gasteiger partial charge in [-0.2, -0.15) is 0 Å². The highest BCUT2D eigenvalue weighted by molar-refractivity contribution is 5.98. The molecule has 0 aliphatic carbocycles. The van der Waals surface area contributed by atoms with Crippen LogP contribution in [0.2, 0.25) is 0 Å². The highest BCUT2D eigenvalue weighted by Gasteiger charge is 2.35. The summed E-state index contributed by atoms with van der Waals surface area (Å²) < 4.78 is 13.6. The van der Waals surface area contributed by atoms with Gasteiger partial charge in [0, 0.05) is 37.8 Å². The zero-order valence-corrected chi connectivity index (χ0v) is 19.7. The van der Waals surface area contributed by atoms with Crippen LogP contribution >= 0.6 is 0 Å². The number of fused-ring (bicyclic) bond motifs is 1. The summed E-state index contributed by atoms with van der Waals surface area (Å²) in [7, 11) is 0. The van der Waals surface area contributed by atoms with Crippen molar-refractivity contribution in [3.05, 3.63) is 107 Å². The summed E-state index contributed by atoms with van der Waals surface area (Å²) in [4.78, 5) is 30.4. The number of piperidine rings is 1. The van der Waals surface area contributed by atoms with E-state index in [2.05, 4.69) is 34.5 Å². The second-order valence-electron chi connectivity index (χ2n) is 9.47. The molecule has 2 aliphatic rings. The van der Waals surface area contributed by atoms with Crippen molar-refractivity contribution in [2.45, 2.75) is 44.4 Å². The summed E-state index contributed by atoms with van der Waals surface area (Å²) in [5, 5.41) is 3.20. The molecule has 1 N–H and O–H groups in total. The van der Waals surface area contributed by atoms with Gasteiger partial charge in [-0.05, 0) is 47.7 Å². The fourth-order valence-electron chi connectivity index (χ4n) is 5.16. The molecule has 2 amide bonds. The highest BCUT2D eigenvalue weighted by atomic mass is 19.1. The number of rotatable bonds is 7. The standard InChI is InChI=1S/C29H30FN3O2/c30-24-12-10-22(11-13-24)27(33-20-23-8-4-5-9-26(23)29(33)35)18-28(34)31-25-14-16-32(17-15-25)19-21-6-2-1-3-7-21/h1-13,25,27H,14-20H2,(H,31,34)/t27-/m0/s1. The van der Waals surface area contributed by atoms with Crippen molar-refractivity contribution in [3.63, 3.8) is 0 Å². The molecular formula is C29H30FN3O2. The Morgan fingerprint density at radius 3 is 2.34 bits per heavy atom. The van der Waals surface area contributed by atoms with Crippen LogP contribution < -0.4 is 5.32 Å². The summed E-state index contributed by atoms with van der Waals surface area (Å²) in [6.45, 7) is 3.23. The Kier molecular flexibility index (Phi) is 6.91. The molecule has 1 fully saturated rings. The van der Waals surface area contributed by atoms with Crippen LogP contribution in [0.4, 0.5) is 4.39 Å². The number of halogens is 1. The van der Waals surface area contributed by atoms with E-state index in [0.29, 0.717) is 12.1 Å². The number of hydrogen-bond acceptors (Lipinski definition) is 3. The van der Waals surface area contributed by atoms with E-state index < -0.39 is 6.04 Å². The number of hydrogen-bond donors (Lipinski definition) is 1. The van der Waals surface area contributed by atoms with Crippen molar-refractivity contribution < 1.29 is 14.0 Å². The number of carbonyl (C=O) groups excluding carboxylic acids is 2. The fraction of sp³-hybridized carbons (Fsp3) is 0.310. The second-order valence-corrected chi connectivity index (χ2v) is 9.47. The van der Waals surface area contributed by atoms with E-state index in [9.17, 15) is 14.0 Å². The Balaban J connectivity index is 1.22. The molecule has 2 aliphatic heterocycles. The molecule has 2 heterocycles. The van der Waals surface area contributed by atoms with Crippen LogP contribution in [0.1, 0.15) is 52.4 Å². The zero-order chi connectivity index (χ0) is 24.2. The van der Waals surface area contributed by atoms with Gasteiger partial charge in [0.15, 0.2) is 0 Å². The van der Waals surface area contributed by atoms with E-state index in [-0.39, 0.29) is 30.1 Å². The van der Waals surface area contributed by atoms with Gasteiger partial charge in [-0.25, -0.2) is 4.39 Å². The lowest BCUT2D eigenvalue weighted by molar-refractivity contribution is -0.123. The molecule has 0 unspecified atom stereocenters. The molecule has 180 valence electrons. The van der Waals surface area contributed by atoms with Crippen molar-refractivity contribution in [2.75, 3.05) is 13.1 Å². The lowest BCUT2D eigenvalue weighted by Gasteiger charge is -2.33. The molecule has 3 aromatic rings. The average molecular weight is 472 g/mol. The van der Waals surface area contributed by atoms with Gasteiger partial charge in [-0.3, -0.25) is 14.5 Å². The summed E-state index contributed by atoms with van der Waals surface area (Å²) in [5.41, 5.74) is 3.69. The van der Waals surface area contributed by atoms with E-state index in [1.807, 2.05) is 30.3 Å². The number of nitrogens with zero attached hydrogens (tertiary/aromatic N) is 2. The molecule has 0 spiro atoms. The van der Waals surface area contributed by atoms with Gasteiger partial charge in [0.1, 0.15) is 5.82 Å². The maximum absolute atomic E-state index is 13.6. The first kappa shape index (κ1) is 23.2. The molecule has 6 heteroatoms. The first-order valence-corrected chi connectivity index (χ1v) is 12.3. The molecule has 0 saturated carbocycles. The van der Waals surface area contributed by atoms with Gasteiger partial charge >= 0.3 is 0 Å². The lowest BCUT2D eigenvalue weighted by atomic mass is 10.00. The Morgan fingerprint density at radius 1 is 0.943 bits per heavy atom. The molecule has 1 atom stereocenters. The predicted molar refractivity (Wildman–Crippen MR) is 133 cm³/mol. The van der Waals surface area contributed by atoms with Crippen molar-refractivity contribution in [1.29, 1.82) is 0 Å². The fourth-order valence-corrected chi connectivity index (χ4v) is 5.16. The number of amides is 2. The molecule has 0 radical (unpaired) electrons. The van der Waals surface area contributed by atoms with E-state index >= 15 is 0 Å². The summed E-state index contributed by atoms with van der Waals surface area (Å²) in [6, 6.07) is 23.7. The van der Waals surface area contributed by atoms with Crippen molar-refractivity contribution in [1.82, 2.24) is 15.1 Å². The Bertz CT molecular complexity index is 1170. The van der Waals surface area contributed by atoms with Crippen LogP contribution in [-0.4, -0.2) is 40.7 Å². The lowest BCUT2D eigenvalue weighted by Crippen LogP contribution is -2.45. The van der Waals surface area contributed by atoms with Crippen LogP contribution in [0.5, 0.6) is 0 Å². The predicted octanol–water partition coefficient (Wildman–Crippen LogP) is 4.69. The van der Waals surface area contributed by atoms with Gasteiger partial charge in [-0.1, -0.05) is 60.7 Å². The SMILES string of the molecule is O=C(C[C@@H](c1ccc(F)cc1)N1Cc2ccccc2C1=O)NC1CCN(Cc2ccccc2)CC1. The first-order valence-electron chi connectivity index (χ1n) is 12.3. The molecule has 3 aromatic carbocycles. The second kappa shape index (κ2) is 10.4. The third-order valence-corrected chi connectivity index (χ3v) is 7.06. The van der Waals surface area contributed by atoms with Gasteiger partial charge in [0.25, 0.3) is 5.91 Å². The zero-order valence-electron chi connectivity index (χ0n) is 19.7. The Morgan fingerprint density at radius 2 is 1.63 bits per heavy atom. The minimum Gasteiger partial charge on any atom is -0.353 e. The number of nitrogens with one attached hydrogen (secondary N) is 1. The summed E-state index contributed by atoms with van der Waals surface area (Å²) in [5.74, 6) is -0.503. The maximum Gasteiger partial charge on any atom is 0.255 e. The number of benzene rings is 3. The Hall–Kier alpha value is -3.51. The highest BCUT2D eigenvalue weighted by Crippen LogP contribution is 2.33. The van der Waals surface area contributed by atoms with Gasteiger partial charge in [0.2, 0.25) is 5.91 Å². The molecule has 0 bridgehead atoms. The van der Waals surface area contributed by atoms with Crippen LogP contribution in [0.25, 0.3) is 0 Å². The van der Waals surface area contributed by atoms with E-state index in [4.69, 9.17) is 0 Å². The monoisotopic (exact) mass is 471 g/mol. The van der Waals surface area contributed by atoms with Crippen LogP contribution in [0, 0.1) is 5.82 Å². The third-order valence-electron chi connectivity index (χ3n) is 7.06. The summed E-state index contributed by atoms with van der Waals surface area (Å²) >= 11 is 0. The number of likely N-dealkylation sites (tertiary alicyclic amines) is 1. The molecule has 0 aromatic heterocycles. The van der Waals surface area contributed by atoms with Gasteiger partial charge < -0.3 is 10.2 Å². The Labute approximate surface area is 205 Å². The minimum absolute atomic E-state index is 0.0791. The smallest absolute Gasteiger partial charge is 0.255 e. The molecule has 5 rings (SSSR count). The quantitative estimate of drug-likeness (QED) is 0.544. The molecule has 1 saturated heterocycles. The van der Waals surface area contributed by atoms with Crippen LogP contribution in [0.3, 0.4) is 0 Å². The van der Waals surface area contributed by atoms with Crippen molar-refractivity contribution in [3.8, 4) is 0 Å². The van der Waals surface area contributed by atoms with Crippen LogP contribution in [0.15, 0.2) is 78.9 Å².